The molecule has 2 rings (SSSR count). The second-order valence-electron chi connectivity index (χ2n) is 4.23. The van der Waals surface area contributed by atoms with Gasteiger partial charge in [-0.15, -0.1) is 0 Å². The molecule has 1 unspecified atom stereocenters. The highest BCUT2D eigenvalue weighted by Crippen LogP contribution is 2.23. The van der Waals surface area contributed by atoms with Crippen LogP contribution in [0.3, 0.4) is 0 Å². The number of allylic oxidation sites excluding steroid dienone is 1. The Morgan fingerprint density at radius 3 is 2.94 bits per heavy atom. The zero-order chi connectivity index (χ0) is 11.4. The fourth-order valence-corrected chi connectivity index (χ4v) is 2.08. The number of nitrogens with zero attached hydrogens (tertiary/aromatic N) is 1. The maximum atomic E-state index is 9.07. The van der Waals surface area contributed by atoms with Gasteiger partial charge in [-0.25, -0.2) is 0 Å². The molecule has 2 nitrogen and oxygen atoms in total. The molecule has 1 N–H and O–H groups in total. The molecule has 0 bridgehead atoms. The summed E-state index contributed by atoms with van der Waals surface area (Å²) < 4.78 is 0. The maximum Gasteiger partial charge on any atom is 0.101 e. The molecule has 1 aliphatic carbocycles. The van der Waals surface area contributed by atoms with Crippen molar-refractivity contribution in [2.45, 2.75) is 32.2 Å². The molecule has 0 heterocycles. The second-order valence-corrected chi connectivity index (χ2v) is 4.23. The minimum Gasteiger partial charge on any atom is -0.381 e. The van der Waals surface area contributed by atoms with Crippen LogP contribution >= 0.6 is 0 Å². The van der Waals surface area contributed by atoms with Gasteiger partial charge in [0.15, 0.2) is 0 Å². The van der Waals surface area contributed by atoms with Gasteiger partial charge < -0.3 is 5.32 Å². The minimum atomic E-state index is 0.471. The van der Waals surface area contributed by atoms with Crippen LogP contribution in [0.5, 0.6) is 0 Å². The van der Waals surface area contributed by atoms with Crippen LogP contribution in [0.1, 0.15) is 30.4 Å². The first-order valence-electron chi connectivity index (χ1n) is 5.72. The maximum absolute atomic E-state index is 9.07. The molecular formula is C14H16N2. The quantitative estimate of drug-likeness (QED) is 0.763. The van der Waals surface area contributed by atoms with Crippen molar-refractivity contribution in [2.75, 3.05) is 5.32 Å². The number of para-hydroxylation sites is 1. The van der Waals surface area contributed by atoms with Crippen molar-refractivity contribution in [1.82, 2.24) is 0 Å². The average Bonchev–Trinajstić information content (AvgIpc) is 2.33. The topological polar surface area (TPSA) is 35.8 Å². The molecule has 1 aromatic carbocycles. The standard InChI is InChI=1S/C14H16N2/c1-11-6-5-7-12(10-15)14(11)16-13-8-3-2-4-9-13/h2-3,5-7,13,16H,4,8-9H2,1H3. The number of aryl methyl sites for hydroxylation is 1. The van der Waals surface area contributed by atoms with Crippen LogP contribution in [-0.2, 0) is 0 Å². The summed E-state index contributed by atoms with van der Waals surface area (Å²) in [6.07, 6.45) is 7.77. The Labute approximate surface area is 96.6 Å². The summed E-state index contributed by atoms with van der Waals surface area (Å²) in [7, 11) is 0. The highest BCUT2D eigenvalue weighted by Gasteiger charge is 2.12. The van der Waals surface area contributed by atoms with E-state index in [0.717, 1.165) is 36.1 Å². The van der Waals surface area contributed by atoms with Gasteiger partial charge in [-0.2, -0.15) is 5.26 Å². The van der Waals surface area contributed by atoms with Crippen molar-refractivity contribution < 1.29 is 0 Å². The van der Waals surface area contributed by atoms with Gasteiger partial charge in [-0.3, -0.25) is 0 Å². The lowest BCUT2D eigenvalue weighted by atomic mass is 10.00. The van der Waals surface area contributed by atoms with E-state index in [1.54, 1.807) is 0 Å². The molecule has 0 aliphatic heterocycles. The van der Waals surface area contributed by atoms with Gasteiger partial charge >= 0.3 is 0 Å². The normalized spacial score (nSPS) is 19.1. The third-order valence-electron chi connectivity index (χ3n) is 3.01. The van der Waals surface area contributed by atoms with E-state index >= 15 is 0 Å². The van der Waals surface area contributed by atoms with Crippen LogP contribution < -0.4 is 5.32 Å². The summed E-state index contributed by atoms with van der Waals surface area (Å²) in [6, 6.07) is 8.56. The molecule has 1 aliphatic rings. The first-order valence-corrected chi connectivity index (χ1v) is 5.72. The fraction of sp³-hybridized carbons (Fsp3) is 0.357. The Hall–Kier alpha value is -1.75. The molecular weight excluding hydrogens is 196 g/mol. The van der Waals surface area contributed by atoms with Crippen LogP contribution in [-0.4, -0.2) is 6.04 Å². The van der Waals surface area contributed by atoms with Crippen molar-refractivity contribution in [3.05, 3.63) is 41.5 Å². The molecule has 0 fully saturated rings. The summed E-state index contributed by atoms with van der Waals surface area (Å²) in [5.74, 6) is 0. The molecule has 0 aromatic heterocycles. The number of nitriles is 1. The monoisotopic (exact) mass is 212 g/mol. The fourth-order valence-electron chi connectivity index (χ4n) is 2.08. The Morgan fingerprint density at radius 2 is 2.25 bits per heavy atom. The van der Waals surface area contributed by atoms with E-state index in [4.69, 9.17) is 5.26 Å². The summed E-state index contributed by atoms with van der Waals surface area (Å²) in [6.45, 7) is 2.04. The lowest BCUT2D eigenvalue weighted by molar-refractivity contribution is 0.644. The Kier molecular flexibility index (Phi) is 3.26. The lowest BCUT2D eigenvalue weighted by Crippen LogP contribution is -2.21. The first kappa shape index (κ1) is 10.8. The van der Waals surface area contributed by atoms with Crippen molar-refractivity contribution >= 4 is 5.69 Å². The largest absolute Gasteiger partial charge is 0.381 e. The molecule has 0 spiro atoms. The Morgan fingerprint density at radius 1 is 1.38 bits per heavy atom. The van der Waals surface area contributed by atoms with Gasteiger partial charge in [-0.1, -0.05) is 24.3 Å². The number of benzene rings is 1. The Bertz CT molecular complexity index is 441. The van der Waals surface area contributed by atoms with Crippen molar-refractivity contribution in [3.8, 4) is 6.07 Å². The van der Waals surface area contributed by atoms with Crippen LogP contribution in [0.25, 0.3) is 0 Å². The second kappa shape index (κ2) is 4.85. The predicted molar refractivity (Wildman–Crippen MR) is 66.3 cm³/mol. The van der Waals surface area contributed by atoms with Crippen LogP contribution in [0.2, 0.25) is 0 Å². The molecule has 16 heavy (non-hydrogen) atoms. The summed E-state index contributed by atoms with van der Waals surface area (Å²) in [4.78, 5) is 0. The highest BCUT2D eigenvalue weighted by molar-refractivity contribution is 5.62. The number of anilines is 1. The number of rotatable bonds is 2. The van der Waals surface area contributed by atoms with Crippen molar-refractivity contribution in [3.63, 3.8) is 0 Å². The lowest BCUT2D eigenvalue weighted by Gasteiger charge is -2.22. The van der Waals surface area contributed by atoms with Crippen LogP contribution in [0.4, 0.5) is 5.69 Å². The zero-order valence-corrected chi connectivity index (χ0v) is 9.53. The summed E-state index contributed by atoms with van der Waals surface area (Å²) in [5, 5.41) is 12.6. The molecule has 0 radical (unpaired) electrons. The molecule has 0 saturated carbocycles. The number of nitrogens with one attached hydrogen (secondary N) is 1. The Balaban J connectivity index is 2.20. The number of hydrogen-bond acceptors (Lipinski definition) is 2. The minimum absolute atomic E-state index is 0.471. The molecule has 2 heteroatoms. The van der Waals surface area contributed by atoms with Gasteiger partial charge in [0.05, 0.1) is 11.3 Å². The van der Waals surface area contributed by atoms with Gasteiger partial charge in [0, 0.05) is 6.04 Å². The molecule has 82 valence electrons. The van der Waals surface area contributed by atoms with E-state index < -0.39 is 0 Å². The highest BCUT2D eigenvalue weighted by atomic mass is 14.9. The molecule has 1 atom stereocenters. The van der Waals surface area contributed by atoms with E-state index in [9.17, 15) is 0 Å². The predicted octanol–water partition coefficient (Wildman–Crippen LogP) is 3.39. The van der Waals surface area contributed by atoms with E-state index in [2.05, 4.69) is 23.5 Å². The van der Waals surface area contributed by atoms with Crippen LogP contribution in [0, 0.1) is 18.3 Å². The first-order chi connectivity index (χ1) is 7.81. The summed E-state index contributed by atoms with van der Waals surface area (Å²) in [5.41, 5.74) is 2.90. The van der Waals surface area contributed by atoms with E-state index in [1.165, 1.54) is 0 Å². The zero-order valence-electron chi connectivity index (χ0n) is 9.53. The molecule has 0 amide bonds. The van der Waals surface area contributed by atoms with E-state index in [0.29, 0.717) is 6.04 Å². The van der Waals surface area contributed by atoms with Gasteiger partial charge in [0.2, 0.25) is 0 Å². The van der Waals surface area contributed by atoms with Gasteiger partial charge in [-0.05, 0) is 37.8 Å². The SMILES string of the molecule is Cc1cccc(C#N)c1NC1CC=CCC1. The summed E-state index contributed by atoms with van der Waals surface area (Å²) >= 11 is 0. The molecule has 1 aromatic rings. The van der Waals surface area contributed by atoms with E-state index in [1.807, 2.05) is 25.1 Å². The third-order valence-corrected chi connectivity index (χ3v) is 3.01. The van der Waals surface area contributed by atoms with Gasteiger partial charge in [0.25, 0.3) is 0 Å². The van der Waals surface area contributed by atoms with Crippen LogP contribution in [0.15, 0.2) is 30.4 Å². The molecule has 0 saturated heterocycles. The third kappa shape index (κ3) is 2.25. The number of hydrogen-bond donors (Lipinski definition) is 1. The average molecular weight is 212 g/mol. The van der Waals surface area contributed by atoms with Crippen molar-refractivity contribution in [1.29, 1.82) is 5.26 Å². The van der Waals surface area contributed by atoms with Gasteiger partial charge in [0.1, 0.15) is 6.07 Å². The van der Waals surface area contributed by atoms with E-state index in [-0.39, 0.29) is 0 Å². The smallest absolute Gasteiger partial charge is 0.101 e. The van der Waals surface area contributed by atoms with Crippen molar-refractivity contribution in [2.24, 2.45) is 0 Å².